The van der Waals surface area contributed by atoms with Crippen LogP contribution in [0.15, 0.2) is 12.2 Å². The molecule has 13 heavy (non-hydrogen) atoms. The number of rotatable bonds is 0. The molecule has 2 heteroatoms. The quantitative estimate of drug-likeness (QED) is 0.565. The molecule has 1 N–H and O–H groups in total. The van der Waals surface area contributed by atoms with E-state index in [0.717, 1.165) is 6.42 Å². The first-order valence-corrected chi connectivity index (χ1v) is 5.16. The molecule has 2 nitrogen and oxygen atoms in total. The first-order chi connectivity index (χ1) is 6.27. The maximum atomic E-state index is 11.7. The van der Waals surface area contributed by atoms with Crippen LogP contribution in [0.25, 0.3) is 0 Å². The molecular weight excluding hydrogens is 164 g/mol. The smallest absolute Gasteiger partial charge is 0.137 e. The SMILES string of the molecule is O=C1CC[C@H](O)C2C1[C@H]1C=C[C@@H]2C1. The van der Waals surface area contributed by atoms with Gasteiger partial charge in [0.1, 0.15) is 5.78 Å². The minimum Gasteiger partial charge on any atom is -0.393 e. The Morgan fingerprint density at radius 3 is 2.85 bits per heavy atom. The standard InChI is InChI=1S/C11H14O2/c12-8-3-4-9(13)11-7-2-1-6(5-7)10(8)11/h1-2,6-8,10-12H,3-5H2/t6-,7+,8+,10?,11?/m1/s1. The summed E-state index contributed by atoms with van der Waals surface area (Å²) >= 11 is 0. The monoisotopic (exact) mass is 178 g/mol. The second kappa shape index (κ2) is 2.44. The minimum atomic E-state index is -0.220. The Morgan fingerprint density at radius 1 is 1.31 bits per heavy atom. The van der Waals surface area contributed by atoms with Crippen molar-refractivity contribution in [3.05, 3.63) is 12.2 Å². The van der Waals surface area contributed by atoms with Crippen molar-refractivity contribution < 1.29 is 9.90 Å². The highest BCUT2D eigenvalue weighted by Gasteiger charge is 2.52. The van der Waals surface area contributed by atoms with E-state index in [0.29, 0.717) is 30.5 Å². The summed E-state index contributed by atoms with van der Waals surface area (Å²) in [6, 6.07) is 0. The number of aliphatic hydroxyl groups excluding tert-OH is 1. The van der Waals surface area contributed by atoms with Gasteiger partial charge in [-0.25, -0.2) is 0 Å². The summed E-state index contributed by atoms with van der Waals surface area (Å²) in [5.74, 6) is 1.77. The Labute approximate surface area is 77.6 Å². The van der Waals surface area contributed by atoms with Crippen molar-refractivity contribution in [3.8, 4) is 0 Å². The van der Waals surface area contributed by atoms with Crippen molar-refractivity contribution in [2.75, 3.05) is 0 Å². The second-order valence-corrected chi connectivity index (χ2v) is 4.62. The molecule has 0 radical (unpaired) electrons. The fraction of sp³-hybridized carbons (Fsp3) is 0.727. The summed E-state index contributed by atoms with van der Waals surface area (Å²) in [4.78, 5) is 11.7. The van der Waals surface area contributed by atoms with Gasteiger partial charge in [-0.2, -0.15) is 0 Å². The van der Waals surface area contributed by atoms with Crippen molar-refractivity contribution in [3.63, 3.8) is 0 Å². The third-order valence-electron chi connectivity index (χ3n) is 4.02. The van der Waals surface area contributed by atoms with Crippen molar-refractivity contribution in [1.82, 2.24) is 0 Å². The number of carbonyl (C=O) groups is 1. The summed E-state index contributed by atoms with van der Waals surface area (Å²) in [6.07, 6.45) is 6.56. The number of ketones is 1. The highest BCUT2D eigenvalue weighted by Crippen LogP contribution is 2.52. The number of hydrogen-bond acceptors (Lipinski definition) is 2. The van der Waals surface area contributed by atoms with Crippen LogP contribution < -0.4 is 0 Å². The van der Waals surface area contributed by atoms with Crippen molar-refractivity contribution in [2.24, 2.45) is 23.7 Å². The predicted octanol–water partition coefficient (Wildman–Crippen LogP) is 1.15. The van der Waals surface area contributed by atoms with Gasteiger partial charge in [-0.1, -0.05) is 12.2 Å². The van der Waals surface area contributed by atoms with E-state index in [2.05, 4.69) is 12.2 Å². The number of carbonyl (C=O) groups excluding carboxylic acids is 1. The van der Waals surface area contributed by atoms with E-state index in [4.69, 9.17) is 0 Å². The zero-order valence-corrected chi connectivity index (χ0v) is 7.52. The molecule has 2 saturated carbocycles. The van der Waals surface area contributed by atoms with Crippen LogP contribution in [0, 0.1) is 23.7 Å². The lowest BCUT2D eigenvalue weighted by Gasteiger charge is -2.35. The summed E-state index contributed by atoms with van der Waals surface area (Å²) in [7, 11) is 0. The minimum absolute atomic E-state index is 0.166. The van der Waals surface area contributed by atoms with Crippen LogP contribution in [0.1, 0.15) is 19.3 Å². The molecule has 0 aromatic carbocycles. The van der Waals surface area contributed by atoms with Gasteiger partial charge in [-0.05, 0) is 24.7 Å². The van der Waals surface area contributed by atoms with E-state index in [1.807, 2.05) is 0 Å². The number of Topliss-reactive ketones (excluding diaryl/α,β-unsaturated/α-hetero) is 1. The van der Waals surface area contributed by atoms with Crippen LogP contribution in [0.3, 0.4) is 0 Å². The molecule has 0 amide bonds. The molecule has 0 saturated heterocycles. The molecule has 0 aromatic rings. The van der Waals surface area contributed by atoms with E-state index in [1.165, 1.54) is 0 Å². The largest absolute Gasteiger partial charge is 0.393 e. The van der Waals surface area contributed by atoms with Crippen LogP contribution in [0.5, 0.6) is 0 Å². The average Bonchev–Trinajstić information content (AvgIpc) is 2.70. The molecule has 5 atom stereocenters. The van der Waals surface area contributed by atoms with Crippen LogP contribution in [0.4, 0.5) is 0 Å². The maximum absolute atomic E-state index is 11.7. The Morgan fingerprint density at radius 2 is 2.08 bits per heavy atom. The number of fused-ring (bicyclic) bond motifs is 5. The van der Waals surface area contributed by atoms with E-state index in [9.17, 15) is 9.90 Å². The molecule has 0 spiro atoms. The van der Waals surface area contributed by atoms with Gasteiger partial charge in [0, 0.05) is 18.3 Å². The molecule has 2 fully saturated rings. The van der Waals surface area contributed by atoms with Crippen LogP contribution >= 0.6 is 0 Å². The highest BCUT2D eigenvalue weighted by molar-refractivity contribution is 5.83. The van der Waals surface area contributed by atoms with E-state index in [-0.39, 0.29) is 17.9 Å². The Bertz CT molecular complexity index is 282. The molecular formula is C11H14O2. The van der Waals surface area contributed by atoms with Crippen LogP contribution in [-0.4, -0.2) is 17.0 Å². The fourth-order valence-electron chi connectivity index (χ4n) is 3.49. The molecule has 0 heterocycles. The number of hydrogen-bond donors (Lipinski definition) is 1. The molecule has 0 aliphatic heterocycles. The summed E-state index contributed by atoms with van der Waals surface area (Å²) in [5.41, 5.74) is 0. The summed E-state index contributed by atoms with van der Waals surface area (Å²) in [6.45, 7) is 0. The van der Waals surface area contributed by atoms with E-state index in [1.54, 1.807) is 0 Å². The average molecular weight is 178 g/mol. The van der Waals surface area contributed by atoms with Crippen molar-refractivity contribution in [2.45, 2.75) is 25.4 Å². The lowest BCUT2D eigenvalue weighted by molar-refractivity contribution is -0.131. The lowest BCUT2D eigenvalue weighted by atomic mass is 9.71. The highest BCUT2D eigenvalue weighted by atomic mass is 16.3. The summed E-state index contributed by atoms with van der Waals surface area (Å²) in [5, 5.41) is 9.83. The fourth-order valence-corrected chi connectivity index (χ4v) is 3.49. The topological polar surface area (TPSA) is 37.3 Å². The third kappa shape index (κ3) is 0.896. The number of allylic oxidation sites excluding steroid dienone is 2. The van der Waals surface area contributed by atoms with Crippen LogP contribution in [-0.2, 0) is 4.79 Å². The van der Waals surface area contributed by atoms with Crippen LogP contribution in [0.2, 0.25) is 0 Å². The van der Waals surface area contributed by atoms with Gasteiger partial charge in [0.2, 0.25) is 0 Å². The van der Waals surface area contributed by atoms with E-state index >= 15 is 0 Å². The summed E-state index contributed by atoms with van der Waals surface area (Å²) < 4.78 is 0. The van der Waals surface area contributed by atoms with Crippen molar-refractivity contribution >= 4 is 5.78 Å². The third-order valence-corrected chi connectivity index (χ3v) is 4.02. The first kappa shape index (κ1) is 7.74. The van der Waals surface area contributed by atoms with Gasteiger partial charge < -0.3 is 5.11 Å². The molecule has 3 rings (SSSR count). The molecule has 2 unspecified atom stereocenters. The first-order valence-electron chi connectivity index (χ1n) is 5.16. The Balaban J connectivity index is 1.98. The molecule has 2 bridgehead atoms. The Kier molecular flexibility index (Phi) is 1.46. The normalized spacial score (nSPS) is 52.7. The van der Waals surface area contributed by atoms with Gasteiger partial charge in [-0.15, -0.1) is 0 Å². The maximum Gasteiger partial charge on any atom is 0.137 e. The van der Waals surface area contributed by atoms with Gasteiger partial charge in [0.05, 0.1) is 6.10 Å². The Hall–Kier alpha value is -0.630. The molecule has 3 aliphatic rings. The second-order valence-electron chi connectivity index (χ2n) is 4.62. The zero-order chi connectivity index (χ0) is 9.00. The van der Waals surface area contributed by atoms with Gasteiger partial charge >= 0.3 is 0 Å². The van der Waals surface area contributed by atoms with Gasteiger partial charge in [-0.3, -0.25) is 4.79 Å². The van der Waals surface area contributed by atoms with Gasteiger partial charge in [0.15, 0.2) is 0 Å². The van der Waals surface area contributed by atoms with Gasteiger partial charge in [0.25, 0.3) is 0 Å². The number of aliphatic hydroxyl groups is 1. The molecule has 70 valence electrons. The van der Waals surface area contributed by atoms with E-state index < -0.39 is 0 Å². The predicted molar refractivity (Wildman–Crippen MR) is 48.0 cm³/mol. The lowest BCUT2D eigenvalue weighted by Crippen LogP contribution is -2.40. The van der Waals surface area contributed by atoms with Crippen molar-refractivity contribution in [1.29, 1.82) is 0 Å². The zero-order valence-electron chi connectivity index (χ0n) is 7.52. The molecule has 3 aliphatic carbocycles. The molecule has 0 aromatic heterocycles.